The van der Waals surface area contributed by atoms with Gasteiger partial charge in [-0.05, 0) is 66.5 Å². The molecule has 13 heteroatoms. The van der Waals surface area contributed by atoms with Crippen LogP contribution in [0.25, 0.3) is 0 Å². The minimum absolute atomic E-state index is 0.0671. The number of nitrogens with one attached hydrogen (secondary N) is 2. The van der Waals surface area contributed by atoms with Crippen LogP contribution in [0.4, 0.5) is 10.5 Å². The van der Waals surface area contributed by atoms with Crippen LogP contribution in [0, 0.1) is 10.1 Å². The minimum atomic E-state index is -4.04. The van der Waals surface area contributed by atoms with Gasteiger partial charge in [-0.15, -0.1) is 0 Å². The van der Waals surface area contributed by atoms with Crippen LogP contribution < -0.4 is 14.9 Å². The zero-order valence-corrected chi connectivity index (χ0v) is 22.0. The van der Waals surface area contributed by atoms with Gasteiger partial charge in [0.25, 0.3) is 5.69 Å². The molecule has 1 aromatic rings. The van der Waals surface area contributed by atoms with E-state index in [0.717, 1.165) is 0 Å². The summed E-state index contributed by atoms with van der Waals surface area (Å²) in [4.78, 5) is 34.0. The number of non-ortho nitro benzene ring substituents is 1. The maximum Gasteiger partial charge on any atom is 0.459 e. The predicted molar refractivity (Wildman–Crippen MR) is 129 cm³/mol. The van der Waals surface area contributed by atoms with Crippen LogP contribution in [0.2, 0.25) is 0 Å². The summed E-state index contributed by atoms with van der Waals surface area (Å²) in [7, 11) is -4.04. The number of carbonyl (C=O) groups is 2. The Hall–Kier alpha value is -2.69. The zero-order valence-electron chi connectivity index (χ0n) is 21.1. The first-order chi connectivity index (χ1) is 16.2. The molecule has 0 aliphatic carbocycles. The highest BCUT2D eigenvalue weighted by atomic mass is 31.2. The Kier molecular flexibility index (Phi) is 12.1. The number of rotatable bonds is 14. The molecule has 1 rings (SSSR count). The molecule has 1 aromatic carbocycles. The number of hydrogen-bond acceptors (Lipinski definition) is 9. The molecule has 0 aromatic heterocycles. The molecule has 2 N–H and O–H groups in total. The van der Waals surface area contributed by atoms with Crippen LogP contribution in [-0.4, -0.2) is 47.9 Å². The molecule has 0 aliphatic heterocycles. The van der Waals surface area contributed by atoms with Crippen LogP contribution >= 0.6 is 7.75 Å². The molecule has 0 saturated heterocycles. The van der Waals surface area contributed by atoms with Gasteiger partial charge in [-0.25, -0.2) is 19.2 Å². The second-order valence-electron chi connectivity index (χ2n) is 8.97. The molecular weight excluding hydrogens is 481 g/mol. The van der Waals surface area contributed by atoms with Crippen molar-refractivity contribution in [3.63, 3.8) is 0 Å². The summed E-state index contributed by atoms with van der Waals surface area (Å²) in [5.41, 5.74) is -0.729. The molecule has 2 atom stereocenters. The van der Waals surface area contributed by atoms with Gasteiger partial charge >= 0.3 is 19.8 Å². The van der Waals surface area contributed by atoms with E-state index in [9.17, 15) is 24.3 Å². The summed E-state index contributed by atoms with van der Waals surface area (Å²) in [6, 6.07) is 4.98. The number of hydrogen-bond donors (Lipinski definition) is 2. The number of unbranched alkanes of at least 4 members (excludes halogenated alkanes) is 2. The first-order valence-corrected chi connectivity index (χ1v) is 12.9. The Morgan fingerprint density at radius 1 is 1.06 bits per heavy atom. The van der Waals surface area contributed by atoms with Crippen LogP contribution in [0.3, 0.4) is 0 Å². The van der Waals surface area contributed by atoms with Crippen LogP contribution in [-0.2, 0) is 23.4 Å². The lowest BCUT2D eigenvalue weighted by Gasteiger charge is -2.23. The number of nitro benzene ring substituents is 1. The van der Waals surface area contributed by atoms with Gasteiger partial charge in [0.1, 0.15) is 11.4 Å². The van der Waals surface area contributed by atoms with Gasteiger partial charge in [0, 0.05) is 25.2 Å². The lowest BCUT2D eigenvalue weighted by molar-refractivity contribution is -0.384. The topological polar surface area (TPSA) is 155 Å². The molecule has 0 saturated carbocycles. The van der Waals surface area contributed by atoms with Crippen molar-refractivity contribution in [2.45, 2.75) is 78.6 Å². The molecule has 198 valence electrons. The maximum absolute atomic E-state index is 13.3. The highest BCUT2D eigenvalue weighted by Crippen LogP contribution is 2.45. The summed E-state index contributed by atoms with van der Waals surface area (Å²) in [5.74, 6) is -0.639. The Morgan fingerprint density at radius 3 is 2.20 bits per heavy atom. The molecular formula is C22H36N3O9P. The van der Waals surface area contributed by atoms with E-state index in [1.165, 1.54) is 31.2 Å². The minimum Gasteiger partial charge on any atom is -0.461 e. The molecule has 0 fully saturated rings. The van der Waals surface area contributed by atoms with Crippen LogP contribution in [0.1, 0.15) is 60.8 Å². The van der Waals surface area contributed by atoms with E-state index in [4.69, 9.17) is 18.5 Å². The van der Waals surface area contributed by atoms with E-state index >= 15 is 0 Å². The average Bonchev–Trinajstić information content (AvgIpc) is 2.71. The summed E-state index contributed by atoms with van der Waals surface area (Å²) in [6.45, 7) is 10.7. The highest BCUT2D eigenvalue weighted by molar-refractivity contribution is 7.52. The van der Waals surface area contributed by atoms with Gasteiger partial charge in [0.05, 0.1) is 11.0 Å². The summed E-state index contributed by atoms with van der Waals surface area (Å²) in [5, 5.41) is 16.2. The number of ether oxygens (including phenoxy) is 2. The highest BCUT2D eigenvalue weighted by Gasteiger charge is 2.32. The molecule has 35 heavy (non-hydrogen) atoms. The Balaban J connectivity index is 2.65. The third-order valence-corrected chi connectivity index (χ3v) is 5.74. The fourth-order valence-electron chi connectivity index (χ4n) is 2.59. The standard InChI is InChI=1S/C22H36N3O9P/c1-16(2)31-20(26)17(3)33-35(30,34-19-12-10-18(11-13-19)25(28)29)24-15-9-7-8-14-23-21(27)32-22(4,5)6/h10-13,16-17H,7-9,14-15H2,1-6H3,(H,23,27)(H,24,30). The molecule has 0 radical (unpaired) electrons. The van der Waals surface area contributed by atoms with Gasteiger partial charge in [-0.3, -0.25) is 14.6 Å². The van der Waals surface area contributed by atoms with Crippen molar-refractivity contribution in [2.24, 2.45) is 0 Å². The summed E-state index contributed by atoms with van der Waals surface area (Å²) < 4.78 is 34.5. The lowest BCUT2D eigenvalue weighted by Crippen LogP contribution is -2.33. The molecule has 2 unspecified atom stereocenters. The van der Waals surface area contributed by atoms with Crippen molar-refractivity contribution < 1.29 is 37.6 Å². The van der Waals surface area contributed by atoms with Crippen LogP contribution in [0.15, 0.2) is 24.3 Å². The van der Waals surface area contributed by atoms with Crippen molar-refractivity contribution >= 4 is 25.5 Å². The van der Waals surface area contributed by atoms with E-state index < -0.39 is 36.4 Å². The number of amides is 1. The fourth-order valence-corrected chi connectivity index (χ4v) is 4.10. The first kappa shape index (κ1) is 30.3. The Bertz CT molecular complexity index is 885. The van der Waals surface area contributed by atoms with E-state index in [1.54, 1.807) is 34.6 Å². The van der Waals surface area contributed by atoms with Gasteiger partial charge in [-0.2, -0.15) is 0 Å². The lowest BCUT2D eigenvalue weighted by atomic mass is 10.2. The van der Waals surface area contributed by atoms with E-state index in [0.29, 0.717) is 25.8 Å². The smallest absolute Gasteiger partial charge is 0.459 e. The molecule has 0 aliphatic rings. The predicted octanol–water partition coefficient (Wildman–Crippen LogP) is 4.72. The van der Waals surface area contributed by atoms with Gasteiger partial charge in [-0.1, -0.05) is 6.42 Å². The number of benzene rings is 1. The number of carbonyl (C=O) groups excluding carboxylic acids is 2. The van der Waals surface area contributed by atoms with Gasteiger partial charge < -0.3 is 19.3 Å². The first-order valence-electron chi connectivity index (χ1n) is 11.4. The van der Waals surface area contributed by atoms with Crippen molar-refractivity contribution in [2.75, 3.05) is 13.1 Å². The summed E-state index contributed by atoms with van der Waals surface area (Å²) in [6.07, 6.45) is -0.153. The average molecular weight is 518 g/mol. The maximum atomic E-state index is 13.3. The van der Waals surface area contributed by atoms with Crippen LogP contribution in [0.5, 0.6) is 5.75 Å². The van der Waals surface area contributed by atoms with E-state index in [-0.39, 0.29) is 24.1 Å². The van der Waals surface area contributed by atoms with Gasteiger partial charge in [0.2, 0.25) is 0 Å². The van der Waals surface area contributed by atoms with Crippen molar-refractivity contribution in [3.8, 4) is 5.75 Å². The van der Waals surface area contributed by atoms with Crippen molar-refractivity contribution in [1.82, 2.24) is 10.4 Å². The normalized spacial score (nSPS) is 14.0. The summed E-state index contributed by atoms with van der Waals surface area (Å²) >= 11 is 0. The van der Waals surface area contributed by atoms with Gasteiger partial charge in [0.15, 0.2) is 6.10 Å². The fraction of sp³-hybridized carbons (Fsp3) is 0.636. The number of nitro groups is 1. The van der Waals surface area contributed by atoms with E-state index in [2.05, 4.69) is 10.4 Å². The van der Waals surface area contributed by atoms with Crippen molar-refractivity contribution in [1.29, 1.82) is 0 Å². The second kappa shape index (κ2) is 14.0. The third kappa shape index (κ3) is 13.1. The molecule has 0 heterocycles. The van der Waals surface area contributed by atoms with Crippen molar-refractivity contribution in [3.05, 3.63) is 34.4 Å². The third-order valence-electron chi connectivity index (χ3n) is 4.08. The monoisotopic (exact) mass is 517 g/mol. The molecule has 12 nitrogen and oxygen atoms in total. The SMILES string of the molecule is CC(C)OC(=O)C(C)OP(=O)(NCCCCCNC(=O)OC(C)(C)C)Oc1ccc([N+](=O)[O-])cc1. The molecule has 0 bridgehead atoms. The van der Waals surface area contributed by atoms with E-state index in [1.807, 2.05) is 0 Å². The zero-order chi connectivity index (χ0) is 26.6. The second-order valence-corrected chi connectivity index (χ2v) is 10.7. The Labute approximate surface area is 205 Å². The number of alkyl carbamates (subject to hydrolysis) is 1. The molecule has 0 spiro atoms. The Morgan fingerprint density at radius 2 is 1.66 bits per heavy atom. The number of nitrogens with zero attached hydrogens (tertiary/aromatic N) is 1. The quantitative estimate of drug-likeness (QED) is 0.116. The number of esters is 1. The largest absolute Gasteiger partial charge is 0.461 e. The molecule has 1 amide bonds.